The molecule has 3 nitrogen and oxygen atoms in total. The third-order valence-corrected chi connectivity index (χ3v) is 4.02. The summed E-state index contributed by atoms with van der Waals surface area (Å²) in [6.45, 7) is 1.88. The minimum absolute atomic E-state index is 0.102. The van der Waals surface area contributed by atoms with Gasteiger partial charge in [-0.1, -0.05) is 24.3 Å². The molecule has 1 heterocycles. The Morgan fingerprint density at radius 3 is 2.60 bits per heavy atom. The van der Waals surface area contributed by atoms with Gasteiger partial charge in [-0.2, -0.15) is 0 Å². The van der Waals surface area contributed by atoms with Gasteiger partial charge in [-0.3, -0.25) is 4.79 Å². The first-order valence-electron chi connectivity index (χ1n) is 6.98. The second-order valence-electron chi connectivity index (χ2n) is 5.31. The second kappa shape index (κ2) is 4.46. The third kappa shape index (κ3) is 1.74. The van der Waals surface area contributed by atoms with Gasteiger partial charge in [0.05, 0.1) is 0 Å². The molecule has 2 aromatic carbocycles. The molecule has 0 radical (unpaired) electrons. The molecule has 1 fully saturated rings. The van der Waals surface area contributed by atoms with Crippen molar-refractivity contribution in [2.45, 2.75) is 12.5 Å². The first-order chi connectivity index (χ1) is 9.83. The molecule has 2 aromatic rings. The van der Waals surface area contributed by atoms with Crippen LogP contribution in [-0.2, 0) is 0 Å². The van der Waals surface area contributed by atoms with Crippen molar-refractivity contribution in [3.63, 3.8) is 0 Å². The fraction of sp³-hybridized carbons (Fsp3) is 0.235. The summed E-state index contributed by atoms with van der Waals surface area (Å²) in [5, 5.41) is 3.28. The highest BCUT2D eigenvalue weighted by Crippen LogP contribution is 2.38. The van der Waals surface area contributed by atoms with E-state index in [9.17, 15) is 4.79 Å². The molecule has 3 heteroatoms. The lowest BCUT2D eigenvalue weighted by atomic mass is 10.1. The molecule has 0 amide bonds. The van der Waals surface area contributed by atoms with Crippen LogP contribution in [-0.4, -0.2) is 25.0 Å². The zero-order valence-corrected chi connectivity index (χ0v) is 11.1. The summed E-state index contributed by atoms with van der Waals surface area (Å²) < 4.78 is 5.93. The molecular weight excluding hydrogens is 250 g/mol. The summed E-state index contributed by atoms with van der Waals surface area (Å²) in [6.07, 6.45) is 1.23. The minimum atomic E-state index is 0.102. The molecule has 1 atom stereocenters. The van der Waals surface area contributed by atoms with Gasteiger partial charge < -0.3 is 10.1 Å². The number of fused-ring (bicyclic) bond motifs is 3. The van der Waals surface area contributed by atoms with Crippen LogP contribution in [0.4, 0.5) is 0 Å². The molecule has 1 unspecified atom stereocenters. The number of carbonyl (C=O) groups excluding carboxylic acids is 1. The van der Waals surface area contributed by atoms with Gasteiger partial charge in [0.15, 0.2) is 5.78 Å². The van der Waals surface area contributed by atoms with Gasteiger partial charge >= 0.3 is 0 Å². The van der Waals surface area contributed by atoms with E-state index in [1.54, 1.807) is 0 Å². The van der Waals surface area contributed by atoms with Gasteiger partial charge in [0.1, 0.15) is 11.9 Å². The van der Waals surface area contributed by atoms with E-state index in [1.807, 2.05) is 42.5 Å². The molecule has 0 saturated carbocycles. The van der Waals surface area contributed by atoms with Gasteiger partial charge in [-0.25, -0.2) is 0 Å². The molecule has 0 aromatic heterocycles. The van der Waals surface area contributed by atoms with Crippen LogP contribution in [0.2, 0.25) is 0 Å². The number of hydrogen-bond donors (Lipinski definition) is 1. The van der Waals surface area contributed by atoms with Crippen LogP contribution in [0, 0.1) is 0 Å². The standard InChI is InChI=1S/C17H15NO2/c19-17-15-4-2-1-3-13(15)14-6-5-11(9-16(14)17)20-12-7-8-18-10-12/h1-6,9,12,18H,7-8,10H2. The molecule has 1 N–H and O–H groups in total. The van der Waals surface area contributed by atoms with Crippen LogP contribution in [0.1, 0.15) is 22.3 Å². The fourth-order valence-corrected chi connectivity index (χ4v) is 3.00. The maximum absolute atomic E-state index is 12.4. The molecule has 2 aliphatic rings. The molecule has 1 saturated heterocycles. The topological polar surface area (TPSA) is 38.3 Å². The largest absolute Gasteiger partial charge is 0.489 e. The summed E-state index contributed by atoms with van der Waals surface area (Å²) in [6, 6.07) is 13.6. The van der Waals surface area contributed by atoms with E-state index in [0.717, 1.165) is 47.5 Å². The molecule has 0 spiro atoms. The Labute approximate surface area is 117 Å². The minimum Gasteiger partial charge on any atom is -0.489 e. The average Bonchev–Trinajstić information content (AvgIpc) is 3.08. The van der Waals surface area contributed by atoms with Crippen LogP contribution >= 0.6 is 0 Å². The van der Waals surface area contributed by atoms with Gasteiger partial charge in [-0.15, -0.1) is 0 Å². The summed E-state index contributed by atoms with van der Waals surface area (Å²) in [5.41, 5.74) is 3.60. The molecule has 100 valence electrons. The smallest absolute Gasteiger partial charge is 0.194 e. The monoisotopic (exact) mass is 265 g/mol. The van der Waals surface area contributed by atoms with E-state index < -0.39 is 0 Å². The van der Waals surface area contributed by atoms with Crippen molar-refractivity contribution >= 4 is 5.78 Å². The SMILES string of the molecule is O=C1c2ccccc2-c2ccc(OC3CCNC3)cc21. The highest BCUT2D eigenvalue weighted by atomic mass is 16.5. The number of rotatable bonds is 2. The first kappa shape index (κ1) is 11.7. The zero-order chi connectivity index (χ0) is 13.5. The molecule has 20 heavy (non-hydrogen) atoms. The summed E-state index contributed by atoms with van der Waals surface area (Å²) in [5.74, 6) is 0.893. The Morgan fingerprint density at radius 1 is 1.00 bits per heavy atom. The predicted octanol–water partition coefficient (Wildman–Crippen LogP) is 2.64. The van der Waals surface area contributed by atoms with Crippen LogP contribution in [0.3, 0.4) is 0 Å². The van der Waals surface area contributed by atoms with E-state index in [0.29, 0.717) is 0 Å². The van der Waals surface area contributed by atoms with Crippen LogP contribution in [0.5, 0.6) is 5.75 Å². The Balaban J connectivity index is 1.71. The molecule has 0 bridgehead atoms. The Kier molecular flexibility index (Phi) is 2.60. The second-order valence-corrected chi connectivity index (χ2v) is 5.31. The first-order valence-corrected chi connectivity index (χ1v) is 6.98. The summed E-state index contributed by atoms with van der Waals surface area (Å²) in [4.78, 5) is 12.4. The van der Waals surface area contributed by atoms with E-state index in [2.05, 4.69) is 5.32 Å². The highest BCUT2D eigenvalue weighted by Gasteiger charge is 2.27. The molecular formula is C17H15NO2. The number of ether oxygens (including phenoxy) is 1. The lowest BCUT2D eigenvalue weighted by Gasteiger charge is -2.13. The maximum Gasteiger partial charge on any atom is 0.194 e. The number of nitrogens with one attached hydrogen (secondary N) is 1. The zero-order valence-electron chi connectivity index (χ0n) is 11.1. The van der Waals surface area contributed by atoms with Crippen molar-refractivity contribution in [2.24, 2.45) is 0 Å². The maximum atomic E-state index is 12.4. The Hall–Kier alpha value is -2.13. The van der Waals surface area contributed by atoms with Crippen molar-refractivity contribution in [2.75, 3.05) is 13.1 Å². The van der Waals surface area contributed by atoms with Crippen LogP contribution in [0.15, 0.2) is 42.5 Å². The van der Waals surface area contributed by atoms with Gasteiger partial charge in [0.25, 0.3) is 0 Å². The fourth-order valence-electron chi connectivity index (χ4n) is 3.00. The van der Waals surface area contributed by atoms with Gasteiger partial charge in [0, 0.05) is 17.7 Å². The third-order valence-electron chi connectivity index (χ3n) is 4.02. The van der Waals surface area contributed by atoms with E-state index in [-0.39, 0.29) is 11.9 Å². The summed E-state index contributed by atoms with van der Waals surface area (Å²) >= 11 is 0. The highest BCUT2D eigenvalue weighted by molar-refractivity contribution is 6.21. The van der Waals surface area contributed by atoms with Crippen molar-refractivity contribution in [3.8, 4) is 16.9 Å². The van der Waals surface area contributed by atoms with Crippen molar-refractivity contribution < 1.29 is 9.53 Å². The number of carbonyl (C=O) groups is 1. The number of ketones is 1. The van der Waals surface area contributed by atoms with E-state index in [4.69, 9.17) is 4.74 Å². The molecule has 1 aliphatic heterocycles. The average molecular weight is 265 g/mol. The number of hydrogen-bond acceptors (Lipinski definition) is 3. The van der Waals surface area contributed by atoms with Gasteiger partial charge in [-0.05, 0) is 42.3 Å². The van der Waals surface area contributed by atoms with Crippen molar-refractivity contribution in [3.05, 3.63) is 53.6 Å². The van der Waals surface area contributed by atoms with Gasteiger partial charge in [0.2, 0.25) is 0 Å². The molecule has 1 aliphatic carbocycles. The lowest BCUT2D eigenvalue weighted by Crippen LogP contribution is -2.19. The Bertz CT molecular complexity index is 687. The number of benzene rings is 2. The van der Waals surface area contributed by atoms with E-state index in [1.165, 1.54) is 0 Å². The normalized spacial score (nSPS) is 19.8. The quantitative estimate of drug-likeness (QED) is 0.774. The lowest BCUT2D eigenvalue weighted by molar-refractivity contribution is 0.104. The van der Waals surface area contributed by atoms with Crippen LogP contribution in [0.25, 0.3) is 11.1 Å². The van der Waals surface area contributed by atoms with Crippen LogP contribution < -0.4 is 10.1 Å². The Morgan fingerprint density at radius 2 is 1.80 bits per heavy atom. The van der Waals surface area contributed by atoms with E-state index >= 15 is 0 Å². The van der Waals surface area contributed by atoms with Crippen molar-refractivity contribution in [1.29, 1.82) is 0 Å². The predicted molar refractivity (Wildman–Crippen MR) is 77.2 cm³/mol. The molecule has 4 rings (SSSR count). The van der Waals surface area contributed by atoms with Crippen molar-refractivity contribution in [1.82, 2.24) is 5.32 Å². The summed E-state index contributed by atoms with van der Waals surface area (Å²) in [7, 11) is 0.